The molecule has 0 radical (unpaired) electrons. The van der Waals surface area contributed by atoms with E-state index < -0.39 is 0 Å². The maximum atomic E-state index is 11.6. The van der Waals surface area contributed by atoms with Crippen molar-refractivity contribution in [2.45, 2.75) is 6.42 Å². The van der Waals surface area contributed by atoms with Gasteiger partial charge in [0.25, 0.3) is 5.56 Å². The van der Waals surface area contributed by atoms with Crippen LogP contribution in [0.3, 0.4) is 0 Å². The molecule has 5 nitrogen and oxygen atoms in total. The Morgan fingerprint density at radius 1 is 1.60 bits per heavy atom. The maximum absolute atomic E-state index is 11.6. The van der Waals surface area contributed by atoms with Crippen molar-refractivity contribution < 1.29 is 4.79 Å². The van der Waals surface area contributed by atoms with Crippen LogP contribution in [0.15, 0.2) is 29.8 Å². The van der Waals surface area contributed by atoms with Crippen LogP contribution in [0.2, 0.25) is 0 Å². The van der Waals surface area contributed by atoms with Crippen LogP contribution in [0.5, 0.6) is 0 Å². The highest BCUT2D eigenvalue weighted by atomic mass is 16.2. The summed E-state index contributed by atoms with van der Waals surface area (Å²) in [6.45, 7) is 4.21. The molecule has 2 rings (SSSR count). The predicted molar refractivity (Wildman–Crippen MR) is 55.5 cm³/mol. The van der Waals surface area contributed by atoms with Crippen LogP contribution in [0, 0.1) is 5.92 Å². The maximum Gasteiger partial charge on any atom is 0.252 e. The topological polar surface area (TPSA) is 66.1 Å². The van der Waals surface area contributed by atoms with Gasteiger partial charge in [0, 0.05) is 24.9 Å². The van der Waals surface area contributed by atoms with Gasteiger partial charge in [-0.3, -0.25) is 14.5 Å². The number of H-pyrrole nitrogens is 1. The molecule has 2 heterocycles. The average molecular weight is 205 g/mol. The van der Waals surface area contributed by atoms with Crippen LogP contribution in [0.4, 0.5) is 5.82 Å². The Hall–Kier alpha value is -1.91. The number of rotatable bonds is 2. The predicted octanol–water partition coefficient (Wildman–Crippen LogP) is 0.309. The second-order valence-corrected chi connectivity index (χ2v) is 3.47. The third-order valence-corrected chi connectivity index (χ3v) is 2.43. The molecule has 1 aliphatic rings. The number of amides is 1. The first-order chi connectivity index (χ1) is 7.20. The van der Waals surface area contributed by atoms with Gasteiger partial charge < -0.3 is 4.98 Å². The molecule has 0 aliphatic carbocycles. The molecular formula is C10H11N3O2. The molecule has 1 fully saturated rings. The summed E-state index contributed by atoms with van der Waals surface area (Å²) in [6, 6.07) is 1.32. The zero-order valence-corrected chi connectivity index (χ0v) is 8.14. The quantitative estimate of drug-likeness (QED) is 0.706. The molecule has 1 amide bonds. The molecular weight excluding hydrogens is 194 g/mol. The molecule has 1 aliphatic heterocycles. The number of carbonyl (C=O) groups excluding carboxylic acids is 1. The third-order valence-electron chi connectivity index (χ3n) is 2.43. The Kier molecular flexibility index (Phi) is 2.37. The van der Waals surface area contributed by atoms with Gasteiger partial charge >= 0.3 is 0 Å². The standard InChI is InChI=1S/C10H11N3O2/c1-2-7-3-10(15)13(5-7)8-4-9(14)12-6-11-8/h2,4,6-7H,1,3,5H2,(H,11,12,14). The third kappa shape index (κ3) is 1.81. The first-order valence-corrected chi connectivity index (χ1v) is 4.68. The molecule has 1 aromatic rings. The van der Waals surface area contributed by atoms with Crippen LogP contribution in [0.25, 0.3) is 0 Å². The summed E-state index contributed by atoms with van der Waals surface area (Å²) in [7, 11) is 0. The van der Waals surface area contributed by atoms with Crippen LogP contribution in [-0.2, 0) is 4.79 Å². The van der Waals surface area contributed by atoms with Gasteiger partial charge in [0.1, 0.15) is 5.82 Å². The molecule has 1 atom stereocenters. The number of carbonyl (C=O) groups is 1. The molecule has 1 saturated heterocycles. The molecule has 0 spiro atoms. The lowest BCUT2D eigenvalue weighted by Gasteiger charge is -2.13. The zero-order valence-electron chi connectivity index (χ0n) is 8.14. The van der Waals surface area contributed by atoms with Crippen LogP contribution in [0.1, 0.15) is 6.42 Å². The fourth-order valence-electron chi connectivity index (χ4n) is 1.62. The molecule has 1 unspecified atom stereocenters. The smallest absolute Gasteiger partial charge is 0.252 e. The van der Waals surface area contributed by atoms with Crippen molar-refractivity contribution in [2.24, 2.45) is 5.92 Å². The summed E-state index contributed by atoms with van der Waals surface area (Å²) < 4.78 is 0. The minimum atomic E-state index is -0.255. The summed E-state index contributed by atoms with van der Waals surface area (Å²) in [5.41, 5.74) is -0.255. The second kappa shape index (κ2) is 3.68. The van der Waals surface area contributed by atoms with E-state index >= 15 is 0 Å². The number of nitrogens with zero attached hydrogens (tertiary/aromatic N) is 2. The highest BCUT2D eigenvalue weighted by molar-refractivity contribution is 5.94. The first kappa shape index (κ1) is 9.64. The van der Waals surface area contributed by atoms with Crippen LogP contribution in [-0.4, -0.2) is 22.4 Å². The van der Waals surface area contributed by atoms with Gasteiger partial charge in [-0.1, -0.05) is 6.08 Å². The lowest BCUT2D eigenvalue weighted by Crippen LogP contribution is -2.26. The fraction of sp³-hybridized carbons (Fsp3) is 0.300. The Morgan fingerprint density at radius 3 is 3.00 bits per heavy atom. The van der Waals surface area contributed by atoms with E-state index in [2.05, 4.69) is 16.5 Å². The van der Waals surface area contributed by atoms with Gasteiger partial charge in [-0.25, -0.2) is 4.98 Å². The number of hydrogen-bond acceptors (Lipinski definition) is 3. The van der Waals surface area contributed by atoms with Gasteiger partial charge in [-0.2, -0.15) is 0 Å². The summed E-state index contributed by atoms with van der Waals surface area (Å²) in [5.74, 6) is 0.546. The fourth-order valence-corrected chi connectivity index (χ4v) is 1.62. The van der Waals surface area contributed by atoms with E-state index in [9.17, 15) is 9.59 Å². The van der Waals surface area contributed by atoms with Crippen molar-refractivity contribution in [3.05, 3.63) is 35.4 Å². The Morgan fingerprint density at radius 2 is 2.40 bits per heavy atom. The molecule has 1 N–H and O–H groups in total. The Bertz CT molecular complexity index is 452. The Labute approximate surface area is 86.4 Å². The normalized spacial score (nSPS) is 20.7. The van der Waals surface area contributed by atoms with E-state index in [-0.39, 0.29) is 17.4 Å². The van der Waals surface area contributed by atoms with E-state index in [4.69, 9.17) is 0 Å². The monoisotopic (exact) mass is 205 g/mol. The highest BCUT2D eigenvalue weighted by Crippen LogP contribution is 2.22. The number of anilines is 1. The van der Waals surface area contributed by atoms with Gasteiger partial charge in [0.15, 0.2) is 0 Å². The number of aromatic nitrogens is 2. The number of nitrogens with one attached hydrogen (secondary N) is 1. The van der Waals surface area contributed by atoms with E-state index in [1.165, 1.54) is 17.3 Å². The van der Waals surface area contributed by atoms with Crippen molar-refractivity contribution in [2.75, 3.05) is 11.4 Å². The summed E-state index contributed by atoms with van der Waals surface area (Å²) in [5, 5.41) is 0. The van der Waals surface area contributed by atoms with Crippen molar-refractivity contribution >= 4 is 11.7 Å². The van der Waals surface area contributed by atoms with Gasteiger partial charge in [0.2, 0.25) is 5.91 Å². The van der Waals surface area contributed by atoms with Crippen LogP contribution >= 0.6 is 0 Å². The van der Waals surface area contributed by atoms with Gasteiger partial charge in [-0.05, 0) is 0 Å². The minimum absolute atomic E-state index is 0.0157. The summed E-state index contributed by atoms with van der Waals surface area (Å²) >= 11 is 0. The molecule has 1 aromatic heterocycles. The van der Waals surface area contributed by atoms with E-state index in [1.807, 2.05) is 0 Å². The summed E-state index contributed by atoms with van der Waals surface area (Å²) in [4.78, 5) is 30.5. The zero-order chi connectivity index (χ0) is 10.8. The molecule has 0 bridgehead atoms. The highest BCUT2D eigenvalue weighted by Gasteiger charge is 2.29. The average Bonchev–Trinajstić information content (AvgIpc) is 2.60. The SMILES string of the molecule is C=CC1CC(=O)N(c2cc(=O)[nH]cn2)C1. The molecule has 78 valence electrons. The van der Waals surface area contributed by atoms with Gasteiger partial charge in [-0.15, -0.1) is 6.58 Å². The van der Waals surface area contributed by atoms with Crippen LogP contribution < -0.4 is 10.5 Å². The van der Waals surface area contributed by atoms with Gasteiger partial charge in [0.05, 0.1) is 6.33 Å². The van der Waals surface area contributed by atoms with E-state index in [0.29, 0.717) is 18.8 Å². The number of aromatic amines is 1. The summed E-state index contributed by atoms with van der Waals surface area (Å²) in [6.07, 6.45) is 3.50. The molecule has 5 heteroatoms. The van der Waals surface area contributed by atoms with Crippen molar-refractivity contribution in [1.29, 1.82) is 0 Å². The largest absolute Gasteiger partial charge is 0.313 e. The first-order valence-electron chi connectivity index (χ1n) is 4.68. The van der Waals surface area contributed by atoms with E-state index in [0.717, 1.165) is 0 Å². The minimum Gasteiger partial charge on any atom is -0.313 e. The van der Waals surface area contributed by atoms with Crippen molar-refractivity contribution in [3.63, 3.8) is 0 Å². The molecule has 0 saturated carbocycles. The van der Waals surface area contributed by atoms with Crippen molar-refractivity contribution in [1.82, 2.24) is 9.97 Å². The lowest BCUT2D eigenvalue weighted by molar-refractivity contribution is -0.117. The van der Waals surface area contributed by atoms with Crippen molar-refractivity contribution in [3.8, 4) is 0 Å². The van der Waals surface area contributed by atoms with E-state index in [1.54, 1.807) is 6.08 Å². The number of hydrogen-bond donors (Lipinski definition) is 1. The molecule has 0 aromatic carbocycles. The Balaban J connectivity index is 2.29. The lowest BCUT2D eigenvalue weighted by atomic mass is 10.1. The second-order valence-electron chi connectivity index (χ2n) is 3.47. The molecule has 15 heavy (non-hydrogen) atoms.